The van der Waals surface area contributed by atoms with Crippen molar-refractivity contribution in [3.05, 3.63) is 76.8 Å². The first-order valence-electron chi connectivity index (χ1n) is 9.15. The van der Waals surface area contributed by atoms with Crippen LogP contribution in [0.2, 0.25) is 0 Å². The van der Waals surface area contributed by atoms with Gasteiger partial charge in [0, 0.05) is 53.8 Å². The lowest BCUT2D eigenvalue weighted by atomic mass is 10.1. The molecule has 0 atom stereocenters. The maximum atomic E-state index is 12.4. The zero-order valence-electron chi connectivity index (χ0n) is 16.2. The molecule has 0 aliphatic heterocycles. The van der Waals surface area contributed by atoms with Crippen LogP contribution in [-0.4, -0.2) is 33.8 Å². The summed E-state index contributed by atoms with van der Waals surface area (Å²) in [5.74, 6) is -0.0947. The van der Waals surface area contributed by atoms with Crippen LogP contribution in [0, 0.1) is 0 Å². The van der Waals surface area contributed by atoms with Gasteiger partial charge in [-0.2, -0.15) is 0 Å². The van der Waals surface area contributed by atoms with E-state index in [9.17, 15) is 14.4 Å². The van der Waals surface area contributed by atoms with Crippen LogP contribution in [0.25, 0.3) is 0 Å². The van der Waals surface area contributed by atoms with Gasteiger partial charge in [0.2, 0.25) is 11.7 Å². The summed E-state index contributed by atoms with van der Waals surface area (Å²) in [6.45, 7) is 0.184. The minimum absolute atomic E-state index is 0.113. The van der Waals surface area contributed by atoms with Gasteiger partial charge in [-0.15, -0.1) is 0 Å². The Bertz CT molecular complexity index is 1050. The maximum absolute atomic E-state index is 12.4. The van der Waals surface area contributed by atoms with Crippen molar-refractivity contribution in [3.8, 4) is 0 Å². The molecule has 1 aromatic heterocycles. The molecule has 30 heavy (non-hydrogen) atoms. The van der Waals surface area contributed by atoms with Gasteiger partial charge in [-0.1, -0.05) is 15.9 Å². The van der Waals surface area contributed by atoms with E-state index in [-0.39, 0.29) is 30.7 Å². The van der Waals surface area contributed by atoms with Crippen molar-refractivity contribution >= 4 is 45.0 Å². The predicted molar refractivity (Wildman–Crippen MR) is 117 cm³/mol. The fourth-order valence-electron chi connectivity index (χ4n) is 2.64. The molecule has 0 saturated heterocycles. The van der Waals surface area contributed by atoms with Gasteiger partial charge < -0.3 is 20.5 Å². The average molecular weight is 470 g/mol. The number of hydrogen-bond acceptors (Lipinski definition) is 4. The summed E-state index contributed by atoms with van der Waals surface area (Å²) < 4.78 is 2.57. The van der Waals surface area contributed by atoms with Crippen molar-refractivity contribution < 1.29 is 14.4 Å². The highest BCUT2D eigenvalue weighted by Gasteiger charge is 2.13. The van der Waals surface area contributed by atoms with Crippen LogP contribution in [0.4, 0.5) is 16.2 Å². The molecule has 0 bridgehead atoms. The number of halogens is 1. The standard InChI is InChI=1S/C21H20BrN5O3/c1-27-13-12-23-20(27)19(29)14-2-6-16(7-3-14)25-18(28)10-11-24-21(30)26-17-8-4-15(22)5-9-17/h2-9,12-13H,10-11H2,1H3,(H,25,28)(H2,24,26,30). The molecular formula is C21H20BrN5O3. The monoisotopic (exact) mass is 469 g/mol. The Morgan fingerprint density at radius 3 is 2.23 bits per heavy atom. The minimum atomic E-state index is -0.387. The van der Waals surface area contributed by atoms with E-state index >= 15 is 0 Å². The van der Waals surface area contributed by atoms with Gasteiger partial charge in [0.1, 0.15) is 0 Å². The molecule has 9 heteroatoms. The molecule has 0 aliphatic rings. The number of urea groups is 1. The van der Waals surface area contributed by atoms with Crippen LogP contribution in [0.3, 0.4) is 0 Å². The molecule has 0 saturated carbocycles. The molecule has 0 aliphatic carbocycles. The summed E-state index contributed by atoms with van der Waals surface area (Å²) in [7, 11) is 1.75. The SMILES string of the molecule is Cn1ccnc1C(=O)c1ccc(NC(=O)CCNC(=O)Nc2ccc(Br)cc2)cc1. The van der Waals surface area contributed by atoms with E-state index < -0.39 is 0 Å². The van der Waals surface area contributed by atoms with Gasteiger partial charge in [-0.25, -0.2) is 9.78 Å². The highest BCUT2D eigenvalue weighted by Crippen LogP contribution is 2.14. The number of aryl methyl sites for hydroxylation is 1. The molecule has 3 N–H and O–H groups in total. The molecule has 154 valence electrons. The molecule has 2 aromatic carbocycles. The van der Waals surface area contributed by atoms with E-state index in [1.165, 1.54) is 0 Å². The minimum Gasteiger partial charge on any atom is -0.337 e. The summed E-state index contributed by atoms with van der Waals surface area (Å²) in [5.41, 5.74) is 1.70. The normalized spacial score (nSPS) is 10.3. The molecule has 3 aromatic rings. The number of anilines is 2. The zero-order valence-corrected chi connectivity index (χ0v) is 17.8. The Morgan fingerprint density at radius 2 is 1.60 bits per heavy atom. The number of imidazole rings is 1. The fraction of sp³-hybridized carbons (Fsp3) is 0.143. The van der Waals surface area contributed by atoms with Gasteiger partial charge >= 0.3 is 6.03 Å². The molecular weight excluding hydrogens is 450 g/mol. The molecule has 8 nitrogen and oxygen atoms in total. The van der Waals surface area contributed by atoms with E-state index in [1.54, 1.807) is 60.4 Å². The molecule has 0 spiro atoms. The summed E-state index contributed by atoms with van der Waals surface area (Å²) in [4.78, 5) is 40.4. The molecule has 0 fully saturated rings. The van der Waals surface area contributed by atoms with Crippen molar-refractivity contribution in [1.29, 1.82) is 0 Å². The first-order chi connectivity index (χ1) is 14.4. The van der Waals surface area contributed by atoms with Crippen LogP contribution in [0.5, 0.6) is 0 Å². The number of aromatic nitrogens is 2. The number of rotatable bonds is 7. The Morgan fingerprint density at radius 1 is 0.967 bits per heavy atom. The lowest BCUT2D eigenvalue weighted by molar-refractivity contribution is -0.116. The van der Waals surface area contributed by atoms with Gasteiger partial charge in [0.15, 0.2) is 5.82 Å². The summed E-state index contributed by atoms with van der Waals surface area (Å²) in [5, 5.41) is 8.05. The lowest BCUT2D eigenvalue weighted by Crippen LogP contribution is -2.31. The van der Waals surface area contributed by atoms with E-state index in [1.807, 2.05) is 12.1 Å². The van der Waals surface area contributed by atoms with Crippen LogP contribution in [0.15, 0.2) is 65.4 Å². The first-order valence-corrected chi connectivity index (χ1v) is 9.94. The molecule has 1 heterocycles. The summed E-state index contributed by atoms with van der Waals surface area (Å²) in [6, 6.07) is 13.4. The fourth-order valence-corrected chi connectivity index (χ4v) is 2.90. The van der Waals surface area contributed by atoms with Crippen molar-refractivity contribution in [2.75, 3.05) is 17.2 Å². The van der Waals surface area contributed by atoms with Gasteiger partial charge in [0.25, 0.3) is 0 Å². The molecule has 3 rings (SSSR count). The second kappa shape index (κ2) is 9.84. The Balaban J connectivity index is 1.43. The zero-order chi connectivity index (χ0) is 21.5. The number of nitrogens with one attached hydrogen (secondary N) is 3. The smallest absolute Gasteiger partial charge is 0.319 e. The Hall–Kier alpha value is -3.46. The second-order valence-corrected chi connectivity index (χ2v) is 7.37. The van der Waals surface area contributed by atoms with Crippen molar-refractivity contribution in [2.45, 2.75) is 6.42 Å². The second-order valence-electron chi connectivity index (χ2n) is 6.45. The first kappa shape index (κ1) is 21.3. The molecule has 0 radical (unpaired) electrons. The van der Waals surface area contributed by atoms with Gasteiger partial charge in [-0.05, 0) is 48.5 Å². The number of ketones is 1. The summed E-state index contributed by atoms with van der Waals surface area (Å²) >= 11 is 3.33. The highest BCUT2D eigenvalue weighted by atomic mass is 79.9. The topological polar surface area (TPSA) is 105 Å². The number of carbonyl (C=O) groups excluding carboxylic acids is 3. The number of hydrogen-bond donors (Lipinski definition) is 3. The quantitative estimate of drug-likeness (QED) is 0.460. The van der Waals surface area contributed by atoms with E-state index in [0.29, 0.717) is 22.8 Å². The average Bonchev–Trinajstić information content (AvgIpc) is 3.15. The van der Waals surface area contributed by atoms with Gasteiger partial charge in [0.05, 0.1) is 0 Å². The van der Waals surface area contributed by atoms with E-state index in [4.69, 9.17) is 0 Å². The number of carbonyl (C=O) groups is 3. The third-order valence-corrected chi connectivity index (χ3v) is 4.72. The van der Waals surface area contributed by atoms with Crippen LogP contribution in [-0.2, 0) is 11.8 Å². The molecule has 3 amide bonds. The maximum Gasteiger partial charge on any atom is 0.319 e. The third kappa shape index (κ3) is 5.77. The largest absolute Gasteiger partial charge is 0.337 e. The van der Waals surface area contributed by atoms with E-state index in [0.717, 1.165) is 4.47 Å². The lowest BCUT2D eigenvalue weighted by Gasteiger charge is -2.09. The van der Waals surface area contributed by atoms with Crippen molar-refractivity contribution in [2.24, 2.45) is 7.05 Å². The van der Waals surface area contributed by atoms with Crippen LogP contribution in [0.1, 0.15) is 22.6 Å². The van der Waals surface area contributed by atoms with E-state index in [2.05, 4.69) is 36.9 Å². The number of amides is 3. The molecule has 0 unspecified atom stereocenters. The highest BCUT2D eigenvalue weighted by molar-refractivity contribution is 9.10. The van der Waals surface area contributed by atoms with Crippen molar-refractivity contribution in [1.82, 2.24) is 14.9 Å². The summed E-state index contributed by atoms with van der Waals surface area (Å²) in [6.07, 6.45) is 3.38. The van der Waals surface area contributed by atoms with Crippen molar-refractivity contribution in [3.63, 3.8) is 0 Å². The van der Waals surface area contributed by atoms with Gasteiger partial charge in [-0.3, -0.25) is 9.59 Å². The number of nitrogens with zero attached hydrogens (tertiary/aromatic N) is 2. The van der Waals surface area contributed by atoms with Crippen LogP contribution >= 0.6 is 15.9 Å². The third-order valence-electron chi connectivity index (χ3n) is 4.19. The van der Waals surface area contributed by atoms with Crippen LogP contribution < -0.4 is 16.0 Å². The predicted octanol–water partition coefficient (Wildman–Crippen LogP) is 3.56. The number of benzene rings is 2. The Kier molecular flexibility index (Phi) is 6.97. The Labute approximate surface area is 181 Å².